The maximum Gasteiger partial charge on any atom is 0.306 e. The quantitative estimate of drug-likeness (QED) is 0.822. The number of alkyl halides is 2. The second-order valence-corrected chi connectivity index (χ2v) is 2.83. The molecule has 0 heterocycles. The van der Waals surface area contributed by atoms with Gasteiger partial charge in [0.05, 0.1) is 18.6 Å². The monoisotopic (exact) mass is 216 g/mol. The lowest BCUT2D eigenvalue weighted by Gasteiger charge is -2.09. The predicted octanol–water partition coefficient (Wildman–Crippen LogP) is 2.48. The fourth-order valence-electron chi connectivity index (χ4n) is 1.04. The highest BCUT2D eigenvalue weighted by molar-refractivity contribution is 5.66. The summed E-state index contributed by atoms with van der Waals surface area (Å²) in [6.45, 7) is -0.112. The van der Waals surface area contributed by atoms with Crippen LogP contribution in [0.15, 0.2) is 24.3 Å². The summed E-state index contributed by atoms with van der Waals surface area (Å²) in [5, 5.41) is 8.34. The third-order valence-corrected chi connectivity index (χ3v) is 1.73. The fourth-order valence-corrected chi connectivity index (χ4v) is 1.04. The minimum Gasteiger partial charge on any atom is -0.492 e. The van der Waals surface area contributed by atoms with Crippen molar-refractivity contribution in [3.63, 3.8) is 0 Å². The number of hydrogen-bond donors (Lipinski definition) is 1. The average Bonchev–Trinajstić information content (AvgIpc) is 2.17. The van der Waals surface area contributed by atoms with Gasteiger partial charge in [0.15, 0.2) is 0 Å². The lowest BCUT2D eigenvalue weighted by Crippen LogP contribution is -2.06. The van der Waals surface area contributed by atoms with Gasteiger partial charge in [-0.1, -0.05) is 12.1 Å². The zero-order chi connectivity index (χ0) is 11.3. The van der Waals surface area contributed by atoms with Crippen molar-refractivity contribution in [2.24, 2.45) is 0 Å². The Kier molecular flexibility index (Phi) is 4.03. The molecule has 0 atom stereocenters. The molecular weight excluding hydrogens is 206 g/mol. The first-order valence-electron chi connectivity index (χ1n) is 4.33. The zero-order valence-electron chi connectivity index (χ0n) is 7.82. The Morgan fingerprint density at radius 2 is 2.07 bits per heavy atom. The van der Waals surface area contributed by atoms with Crippen LogP contribution in [-0.2, 0) is 4.79 Å². The Hall–Kier alpha value is -1.65. The number of carbonyl (C=O) groups is 1. The maximum atomic E-state index is 12.4. The SMILES string of the molecule is O=C(O)CCOc1ccccc1C(F)F. The van der Waals surface area contributed by atoms with Crippen molar-refractivity contribution in [1.29, 1.82) is 0 Å². The number of benzene rings is 1. The molecule has 0 saturated carbocycles. The topological polar surface area (TPSA) is 46.5 Å². The molecule has 5 heteroatoms. The minimum absolute atomic E-state index is 0.0359. The van der Waals surface area contributed by atoms with Gasteiger partial charge in [-0.15, -0.1) is 0 Å². The summed E-state index contributed by atoms with van der Waals surface area (Å²) in [5.41, 5.74) is -0.220. The zero-order valence-corrected chi connectivity index (χ0v) is 7.82. The van der Waals surface area contributed by atoms with Gasteiger partial charge >= 0.3 is 5.97 Å². The van der Waals surface area contributed by atoms with E-state index < -0.39 is 12.4 Å². The molecular formula is C10H10F2O3. The normalized spacial score (nSPS) is 10.3. The second kappa shape index (κ2) is 5.29. The number of rotatable bonds is 5. The molecule has 0 bridgehead atoms. The largest absolute Gasteiger partial charge is 0.492 e. The van der Waals surface area contributed by atoms with Crippen LogP contribution >= 0.6 is 0 Å². The maximum absolute atomic E-state index is 12.4. The van der Waals surface area contributed by atoms with E-state index >= 15 is 0 Å². The van der Waals surface area contributed by atoms with Gasteiger partial charge in [-0.2, -0.15) is 0 Å². The minimum atomic E-state index is -2.62. The summed E-state index contributed by atoms with van der Waals surface area (Å²) in [6.07, 6.45) is -2.83. The lowest BCUT2D eigenvalue weighted by atomic mass is 10.2. The first-order chi connectivity index (χ1) is 7.11. The summed E-state index contributed by atoms with van der Waals surface area (Å²) in [6, 6.07) is 5.68. The number of para-hydroxylation sites is 1. The first kappa shape index (κ1) is 11.4. The molecule has 82 valence electrons. The van der Waals surface area contributed by atoms with Gasteiger partial charge in [-0.05, 0) is 12.1 Å². The number of aliphatic carboxylic acids is 1. The standard InChI is InChI=1S/C10H10F2O3/c11-10(12)7-3-1-2-4-8(7)15-6-5-9(13)14/h1-4,10H,5-6H2,(H,13,14). The van der Waals surface area contributed by atoms with Crippen molar-refractivity contribution in [3.05, 3.63) is 29.8 Å². The van der Waals surface area contributed by atoms with Crippen LogP contribution in [0.4, 0.5) is 8.78 Å². The van der Waals surface area contributed by atoms with Gasteiger partial charge in [0.2, 0.25) is 0 Å². The van der Waals surface area contributed by atoms with Gasteiger partial charge < -0.3 is 9.84 Å². The highest BCUT2D eigenvalue weighted by atomic mass is 19.3. The molecule has 0 unspecified atom stereocenters. The highest BCUT2D eigenvalue weighted by Crippen LogP contribution is 2.28. The van der Waals surface area contributed by atoms with Crippen LogP contribution in [0.1, 0.15) is 18.4 Å². The molecule has 1 rings (SSSR count). The van der Waals surface area contributed by atoms with Gasteiger partial charge in [0, 0.05) is 0 Å². The van der Waals surface area contributed by atoms with Gasteiger partial charge in [-0.3, -0.25) is 4.79 Å². The summed E-state index contributed by atoms with van der Waals surface area (Å²) in [5.74, 6) is -0.988. The molecule has 0 aromatic heterocycles. The molecule has 1 aromatic rings. The molecule has 15 heavy (non-hydrogen) atoms. The van der Waals surface area contributed by atoms with E-state index in [4.69, 9.17) is 9.84 Å². The van der Waals surface area contributed by atoms with E-state index in [9.17, 15) is 13.6 Å². The smallest absolute Gasteiger partial charge is 0.306 e. The molecule has 0 radical (unpaired) electrons. The van der Waals surface area contributed by atoms with Crippen LogP contribution in [0.25, 0.3) is 0 Å². The predicted molar refractivity (Wildman–Crippen MR) is 49.1 cm³/mol. The van der Waals surface area contributed by atoms with E-state index in [0.29, 0.717) is 0 Å². The molecule has 1 aromatic carbocycles. The van der Waals surface area contributed by atoms with Crippen molar-refractivity contribution in [2.45, 2.75) is 12.8 Å². The van der Waals surface area contributed by atoms with E-state index in [1.807, 2.05) is 0 Å². The van der Waals surface area contributed by atoms with Crippen molar-refractivity contribution in [1.82, 2.24) is 0 Å². The van der Waals surface area contributed by atoms with Crippen molar-refractivity contribution in [3.8, 4) is 5.75 Å². The molecule has 0 amide bonds. The third kappa shape index (κ3) is 3.53. The summed E-state index contributed by atoms with van der Waals surface area (Å²) in [4.78, 5) is 10.2. The molecule has 0 spiro atoms. The van der Waals surface area contributed by atoms with Crippen LogP contribution in [0, 0.1) is 0 Å². The van der Waals surface area contributed by atoms with Gasteiger partial charge in [0.25, 0.3) is 6.43 Å². The van der Waals surface area contributed by atoms with E-state index in [0.717, 1.165) is 0 Å². The summed E-state index contributed by atoms with van der Waals surface area (Å²) < 4.78 is 29.8. The molecule has 0 fully saturated rings. The molecule has 0 aliphatic rings. The van der Waals surface area contributed by atoms with Crippen LogP contribution in [-0.4, -0.2) is 17.7 Å². The number of hydrogen-bond acceptors (Lipinski definition) is 2. The van der Waals surface area contributed by atoms with E-state index in [2.05, 4.69) is 0 Å². The first-order valence-corrected chi connectivity index (χ1v) is 4.33. The molecule has 1 N–H and O–H groups in total. The molecule has 3 nitrogen and oxygen atoms in total. The van der Waals surface area contributed by atoms with E-state index in [-0.39, 0.29) is 24.3 Å². The Morgan fingerprint density at radius 1 is 1.40 bits per heavy atom. The Labute approximate surface area is 85.3 Å². The van der Waals surface area contributed by atoms with Gasteiger partial charge in [0.1, 0.15) is 5.75 Å². The third-order valence-electron chi connectivity index (χ3n) is 1.73. The van der Waals surface area contributed by atoms with Crippen LogP contribution < -0.4 is 4.74 Å². The average molecular weight is 216 g/mol. The van der Waals surface area contributed by atoms with Gasteiger partial charge in [-0.25, -0.2) is 8.78 Å². The highest BCUT2D eigenvalue weighted by Gasteiger charge is 2.13. The van der Waals surface area contributed by atoms with Crippen LogP contribution in [0.2, 0.25) is 0 Å². The molecule has 0 saturated heterocycles. The lowest BCUT2D eigenvalue weighted by molar-refractivity contribution is -0.137. The Balaban J connectivity index is 2.63. The Morgan fingerprint density at radius 3 is 2.67 bits per heavy atom. The molecule has 0 aliphatic heterocycles. The van der Waals surface area contributed by atoms with E-state index in [1.54, 1.807) is 6.07 Å². The molecule has 0 aliphatic carbocycles. The van der Waals surface area contributed by atoms with Crippen LogP contribution in [0.5, 0.6) is 5.75 Å². The number of carboxylic acids is 1. The summed E-state index contributed by atoms with van der Waals surface area (Å²) >= 11 is 0. The van der Waals surface area contributed by atoms with E-state index in [1.165, 1.54) is 18.2 Å². The van der Waals surface area contributed by atoms with Crippen LogP contribution in [0.3, 0.4) is 0 Å². The second-order valence-electron chi connectivity index (χ2n) is 2.83. The summed E-state index contributed by atoms with van der Waals surface area (Å²) in [7, 11) is 0. The number of halogens is 2. The fraction of sp³-hybridized carbons (Fsp3) is 0.300. The van der Waals surface area contributed by atoms with Crippen molar-refractivity contribution in [2.75, 3.05) is 6.61 Å². The van der Waals surface area contributed by atoms with Crippen molar-refractivity contribution >= 4 is 5.97 Å². The number of carboxylic acid groups (broad SMARTS) is 1. The number of ether oxygens (including phenoxy) is 1. The Bertz CT molecular complexity index is 339. The van der Waals surface area contributed by atoms with Crippen molar-refractivity contribution < 1.29 is 23.4 Å².